The average molecular weight is 563 g/mol. The van der Waals surface area contributed by atoms with Crippen LogP contribution < -0.4 is 0 Å². The van der Waals surface area contributed by atoms with Gasteiger partial charge in [0.15, 0.2) is 17.6 Å². The lowest BCUT2D eigenvalue weighted by atomic mass is 10.1. The molecule has 0 spiro atoms. The molecule has 3 aromatic carbocycles. The second-order valence-electron chi connectivity index (χ2n) is 9.59. The van der Waals surface area contributed by atoms with Gasteiger partial charge in [0.05, 0.1) is 21.9 Å². The third-order valence-corrected chi connectivity index (χ3v) is 7.66. The monoisotopic (exact) mass is 562 g/mol. The normalized spacial score (nSPS) is 19.9. The first-order valence-corrected chi connectivity index (χ1v) is 13.7. The van der Waals surface area contributed by atoms with E-state index in [0.717, 1.165) is 28.5 Å². The van der Waals surface area contributed by atoms with Crippen LogP contribution in [0.4, 0.5) is 0 Å². The Kier molecular flexibility index (Phi) is 9.26. The molecule has 9 heteroatoms. The zero-order chi connectivity index (χ0) is 28.8. The first-order chi connectivity index (χ1) is 19.1. The fraction of sp³-hybridized carbons (Fsp3) is 0.290. The van der Waals surface area contributed by atoms with Crippen molar-refractivity contribution < 1.29 is 38.1 Å². The van der Waals surface area contributed by atoms with Crippen molar-refractivity contribution in [3.05, 3.63) is 106 Å². The summed E-state index contributed by atoms with van der Waals surface area (Å²) < 4.78 is 22.7. The van der Waals surface area contributed by atoms with Crippen LogP contribution in [0.2, 0.25) is 0 Å². The highest BCUT2D eigenvalue weighted by Gasteiger charge is 2.51. The van der Waals surface area contributed by atoms with E-state index in [4.69, 9.17) is 18.9 Å². The second-order valence-corrected chi connectivity index (χ2v) is 10.9. The molecule has 1 unspecified atom stereocenters. The van der Waals surface area contributed by atoms with Gasteiger partial charge in [-0.3, -0.25) is 4.79 Å². The van der Waals surface area contributed by atoms with Crippen molar-refractivity contribution in [2.45, 2.75) is 50.6 Å². The van der Waals surface area contributed by atoms with Crippen LogP contribution in [0.25, 0.3) is 0 Å². The SMILES string of the molecule is CC(=O)OC1S[C@@H](COC(=O)c2ccc(C)cc2)[C@@H](OC(=O)c2ccc(C)cc2)[C@@H]1OC(=O)c1ccc(C)cc1. The van der Waals surface area contributed by atoms with Crippen molar-refractivity contribution >= 4 is 35.6 Å². The van der Waals surface area contributed by atoms with Gasteiger partial charge in [-0.2, -0.15) is 0 Å². The van der Waals surface area contributed by atoms with E-state index in [1.165, 1.54) is 6.92 Å². The molecule has 4 rings (SSSR count). The molecule has 1 aliphatic heterocycles. The highest BCUT2D eigenvalue weighted by Crippen LogP contribution is 2.40. The summed E-state index contributed by atoms with van der Waals surface area (Å²) in [7, 11) is 0. The molecule has 1 aliphatic rings. The lowest BCUT2D eigenvalue weighted by Gasteiger charge is -2.25. The minimum atomic E-state index is -1.15. The lowest BCUT2D eigenvalue weighted by molar-refractivity contribution is -0.148. The van der Waals surface area contributed by atoms with Crippen LogP contribution in [-0.2, 0) is 23.7 Å². The molecule has 0 bridgehead atoms. The van der Waals surface area contributed by atoms with Crippen molar-refractivity contribution in [2.75, 3.05) is 6.61 Å². The van der Waals surface area contributed by atoms with Gasteiger partial charge in [0.25, 0.3) is 0 Å². The van der Waals surface area contributed by atoms with Crippen LogP contribution in [0.5, 0.6) is 0 Å². The first-order valence-electron chi connectivity index (χ1n) is 12.7. The fourth-order valence-corrected chi connectivity index (χ4v) is 5.46. The average Bonchev–Trinajstić information content (AvgIpc) is 3.22. The van der Waals surface area contributed by atoms with Crippen LogP contribution in [0.1, 0.15) is 54.7 Å². The Morgan fingerprint density at radius 3 is 1.43 bits per heavy atom. The van der Waals surface area contributed by atoms with E-state index < -0.39 is 46.8 Å². The molecule has 0 aromatic heterocycles. The number of hydrogen-bond acceptors (Lipinski definition) is 9. The fourth-order valence-electron chi connectivity index (χ4n) is 4.05. The number of carbonyl (C=O) groups is 4. The predicted octanol–water partition coefficient (Wildman–Crippen LogP) is 5.22. The molecular formula is C31H30O8S. The van der Waals surface area contributed by atoms with Gasteiger partial charge >= 0.3 is 23.9 Å². The third-order valence-electron chi connectivity index (χ3n) is 6.28. The molecule has 0 saturated carbocycles. The summed E-state index contributed by atoms with van der Waals surface area (Å²) in [5.74, 6) is -2.49. The van der Waals surface area contributed by atoms with E-state index in [1.54, 1.807) is 72.8 Å². The molecule has 0 amide bonds. The molecule has 1 saturated heterocycles. The summed E-state index contributed by atoms with van der Waals surface area (Å²) in [5.41, 5.74) is 2.88. The van der Waals surface area contributed by atoms with Gasteiger partial charge in [-0.15, -0.1) is 11.8 Å². The highest BCUT2D eigenvalue weighted by molar-refractivity contribution is 8.00. The van der Waals surface area contributed by atoms with Gasteiger partial charge < -0.3 is 18.9 Å². The molecule has 4 atom stereocenters. The van der Waals surface area contributed by atoms with Gasteiger partial charge in [0.1, 0.15) is 6.61 Å². The van der Waals surface area contributed by atoms with Crippen LogP contribution in [0.15, 0.2) is 72.8 Å². The molecule has 40 heavy (non-hydrogen) atoms. The largest absolute Gasteiger partial charge is 0.461 e. The Hall–Kier alpha value is -4.11. The highest BCUT2D eigenvalue weighted by atomic mass is 32.2. The zero-order valence-electron chi connectivity index (χ0n) is 22.6. The number of aryl methyl sites for hydroxylation is 3. The Labute approximate surface area is 237 Å². The van der Waals surface area contributed by atoms with E-state index in [9.17, 15) is 19.2 Å². The minimum Gasteiger partial charge on any atom is -0.461 e. The van der Waals surface area contributed by atoms with Crippen LogP contribution >= 0.6 is 11.8 Å². The minimum absolute atomic E-state index is 0.181. The van der Waals surface area contributed by atoms with E-state index in [1.807, 2.05) is 20.8 Å². The van der Waals surface area contributed by atoms with E-state index in [0.29, 0.717) is 11.1 Å². The maximum Gasteiger partial charge on any atom is 0.338 e. The van der Waals surface area contributed by atoms with Crippen molar-refractivity contribution in [1.29, 1.82) is 0 Å². The molecule has 208 valence electrons. The Bertz CT molecular complexity index is 1370. The first kappa shape index (κ1) is 28.9. The number of benzene rings is 3. The summed E-state index contributed by atoms with van der Waals surface area (Å²) in [6, 6.07) is 20.5. The summed E-state index contributed by atoms with van der Waals surface area (Å²) >= 11 is 1.10. The number of rotatable bonds is 8. The van der Waals surface area contributed by atoms with Gasteiger partial charge in [-0.1, -0.05) is 53.1 Å². The molecule has 1 fully saturated rings. The standard InChI is InChI=1S/C31H30O8S/c1-18-5-11-22(12-6-18)28(33)36-17-25-26(38-29(34)23-13-7-19(2)8-14-23)27(31(40-25)37-21(4)32)39-30(35)24-15-9-20(3)10-16-24/h5-16,25-27,31H,17H2,1-4H3/t25-,26+,27-,31?/m0/s1. The van der Waals surface area contributed by atoms with E-state index in [2.05, 4.69) is 0 Å². The molecular weight excluding hydrogens is 532 g/mol. The quantitative estimate of drug-likeness (QED) is 0.270. The number of thioether (sulfide) groups is 1. The van der Waals surface area contributed by atoms with Crippen molar-refractivity contribution in [2.24, 2.45) is 0 Å². The summed E-state index contributed by atoms with van der Waals surface area (Å²) in [6.45, 7) is 6.75. The van der Waals surface area contributed by atoms with Crippen molar-refractivity contribution in [3.8, 4) is 0 Å². The van der Waals surface area contributed by atoms with E-state index >= 15 is 0 Å². The number of ether oxygens (including phenoxy) is 4. The summed E-state index contributed by atoms with van der Waals surface area (Å²) in [4.78, 5) is 50.9. The molecule has 3 aromatic rings. The third kappa shape index (κ3) is 7.30. The molecule has 0 radical (unpaired) electrons. The predicted molar refractivity (Wildman–Crippen MR) is 149 cm³/mol. The van der Waals surface area contributed by atoms with Gasteiger partial charge in [0, 0.05) is 6.92 Å². The van der Waals surface area contributed by atoms with Crippen LogP contribution in [0.3, 0.4) is 0 Å². The van der Waals surface area contributed by atoms with Crippen molar-refractivity contribution in [1.82, 2.24) is 0 Å². The number of hydrogen-bond donors (Lipinski definition) is 0. The summed E-state index contributed by atoms with van der Waals surface area (Å²) in [5, 5.41) is -0.691. The Morgan fingerprint density at radius 2 is 1.00 bits per heavy atom. The van der Waals surface area contributed by atoms with E-state index in [-0.39, 0.29) is 12.2 Å². The maximum absolute atomic E-state index is 13.1. The molecule has 0 N–H and O–H groups in total. The van der Waals surface area contributed by atoms with Crippen LogP contribution in [0, 0.1) is 20.8 Å². The number of carbonyl (C=O) groups excluding carboxylic acids is 4. The molecule has 0 aliphatic carbocycles. The smallest absolute Gasteiger partial charge is 0.338 e. The van der Waals surface area contributed by atoms with Crippen LogP contribution in [-0.4, -0.2) is 53.4 Å². The van der Waals surface area contributed by atoms with Gasteiger partial charge in [-0.25, -0.2) is 14.4 Å². The van der Waals surface area contributed by atoms with Crippen molar-refractivity contribution in [3.63, 3.8) is 0 Å². The second kappa shape index (κ2) is 12.8. The zero-order valence-corrected chi connectivity index (χ0v) is 23.4. The van der Waals surface area contributed by atoms with Gasteiger partial charge in [-0.05, 0) is 57.2 Å². The lowest BCUT2D eigenvalue weighted by Crippen LogP contribution is -2.42. The topological polar surface area (TPSA) is 105 Å². The van der Waals surface area contributed by atoms with Gasteiger partial charge in [0.2, 0.25) is 0 Å². The molecule has 8 nitrogen and oxygen atoms in total. The Morgan fingerprint density at radius 1 is 0.600 bits per heavy atom. The summed E-state index contributed by atoms with van der Waals surface area (Å²) in [6.07, 6.45) is -2.23. The number of esters is 4. The Balaban J connectivity index is 1.59. The molecule has 1 heterocycles. The maximum atomic E-state index is 13.1.